The summed E-state index contributed by atoms with van der Waals surface area (Å²) < 4.78 is 5.39. The van der Waals surface area contributed by atoms with Crippen LogP contribution in [0.4, 0.5) is 4.79 Å². The van der Waals surface area contributed by atoms with Crippen molar-refractivity contribution in [2.45, 2.75) is 57.9 Å². The molecule has 2 N–H and O–H groups in total. The highest BCUT2D eigenvalue weighted by molar-refractivity contribution is 5.73. The second-order valence-corrected chi connectivity index (χ2v) is 7.31. The Morgan fingerprint density at radius 3 is 2.55 bits per heavy atom. The molecule has 0 radical (unpaired) electrons. The Morgan fingerprint density at radius 2 is 1.86 bits per heavy atom. The number of rotatable bonds is 7. The van der Waals surface area contributed by atoms with Crippen LogP contribution in [0.5, 0.6) is 0 Å². The van der Waals surface area contributed by atoms with Gasteiger partial charge in [0.2, 0.25) is 0 Å². The lowest BCUT2D eigenvalue weighted by atomic mass is 10.0. The van der Waals surface area contributed by atoms with Gasteiger partial charge in [-0.2, -0.15) is 0 Å². The van der Waals surface area contributed by atoms with Crippen molar-refractivity contribution in [2.24, 2.45) is 5.92 Å². The number of ether oxygens (including phenoxy) is 1. The van der Waals surface area contributed by atoms with Gasteiger partial charge in [-0.3, -0.25) is 4.90 Å². The topological polar surface area (TPSA) is 53.6 Å². The summed E-state index contributed by atoms with van der Waals surface area (Å²) in [6.07, 6.45) is 7.94. The van der Waals surface area contributed by atoms with Crippen molar-refractivity contribution in [1.82, 2.24) is 15.5 Å². The maximum absolute atomic E-state index is 11.9. The molecule has 0 atom stereocenters. The molecule has 22 heavy (non-hydrogen) atoms. The molecule has 1 saturated heterocycles. The lowest BCUT2D eigenvalue weighted by Crippen LogP contribution is -2.56. The fourth-order valence-electron chi connectivity index (χ4n) is 3.53. The van der Waals surface area contributed by atoms with Crippen molar-refractivity contribution in [3.63, 3.8) is 0 Å². The van der Waals surface area contributed by atoms with Gasteiger partial charge in [-0.1, -0.05) is 25.7 Å². The molecule has 2 fully saturated rings. The maximum Gasteiger partial charge on any atom is 0.314 e. The third-order valence-electron chi connectivity index (χ3n) is 5.10. The molecule has 5 heteroatoms. The van der Waals surface area contributed by atoms with Crippen LogP contribution in [0.2, 0.25) is 0 Å². The molecule has 5 nitrogen and oxygen atoms in total. The van der Waals surface area contributed by atoms with Crippen molar-refractivity contribution in [2.75, 3.05) is 39.4 Å². The first-order chi connectivity index (χ1) is 10.6. The molecule has 0 unspecified atom stereocenters. The summed E-state index contributed by atoms with van der Waals surface area (Å²) in [5.74, 6) is 0.908. The summed E-state index contributed by atoms with van der Waals surface area (Å²) in [4.78, 5) is 14.3. The molecule has 0 aromatic heterocycles. The number of amides is 2. The molecule has 0 aromatic carbocycles. The smallest absolute Gasteiger partial charge is 0.314 e. The van der Waals surface area contributed by atoms with Gasteiger partial charge in [0.25, 0.3) is 0 Å². The van der Waals surface area contributed by atoms with Gasteiger partial charge in [-0.05, 0) is 32.6 Å². The fourth-order valence-corrected chi connectivity index (χ4v) is 3.53. The molecule has 1 heterocycles. The Bertz CT molecular complexity index is 335. The molecule has 0 spiro atoms. The number of hydrogen-bond acceptors (Lipinski definition) is 3. The maximum atomic E-state index is 11.9. The number of morpholine rings is 1. The van der Waals surface area contributed by atoms with E-state index in [1.807, 2.05) is 0 Å². The monoisotopic (exact) mass is 311 g/mol. The van der Waals surface area contributed by atoms with Crippen LogP contribution in [0.15, 0.2) is 0 Å². The predicted molar refractivity (Wildman–Crippen MR) is 89.1 cm³/mol. The summed E-state index contributed by atoms with van der Waals surface area (Å²) in [5, 5.41) is 6.01. The molecule has 2 amide bonds. The molecule has 2 aliphatic rings. The highest BCUT2D eigenvalue weighted by Crippen LogP contribution is 2.28. The van der Waals surface area contributed by atoms with Gasteiger partial charge >= 0.3 is 6.03 Å². The third-order valence-corrected chi connectivity index (χ3v) is 5.10. The Hall–Kier alpha value is -0.810. The van der Waals surface area contributed by atoms with E-state index in [-0.39, 0.29) is 11.6 Å². The van der Waals surface area contributed by atoms with E-state index < -0.39 is 0 Å². The summed E-state index contributed by atoms with van der Waals surface area (Å²) in [5.41, 5.74) is -0.0228. The van der Waals surface area contributed by atoms with Crippen LogP contribution < -0.4 is 10.6 Å². The quantitative estimate of drug-likeness (QED) is 0.710. The minimum Gasteiger partial charge on any atom is -0.379 e. The van der Waals surface area contributed by atoms with Crippen LogP contribution in [0.1, 0.15) is 52.4 Å². The van der Waals surface area contributed by atoms with E-state index in [9.17, 15) is 4.79 Å². The minimum atomic E-state index is -0.0345. The number of carbonyl (C=O) groups is 1. The van der Waals surface area contributed by atoms with E-state index in [1.165, 1.54) is 32.1 Å². The predicted octanol–water partition coefficient (Wildman–Crippen LogP) is 2.37. The normalized spacial score (nSPS) is 21.0. The molecular weight excluding hydrogens is 278 g/mol. The van der Waals surface area contributed by atoms with Gasteiger partial charge in [0.15, 0.2) is 0 Å². The van der Waals surface area contributed by atoms with Gasteiger partial charge in [0.05, 0.1) is 13.2 Å². The highest BCUT2D eigenvalue weighted by atomic mass is 16.5. The summed E-state index contributed by atoms with van der Waals surface area (Å²) in [6.45, 7) is 9.28. The van der Waals surface area contributed by atoms with Gasteiger partial charge in [-0.15, -0.1) is 0 Å². The molecule has 0 aromatic rings. The number of urea groups is 1. The SMILES string of the molecule is CC(C)(CNC(=O)NCCCC1CCCC1)N1CCOCC1. The Morgan fingerprint density at radius 1 is 1.18 bits per heavy atom. The Labute approximate surface area is 135 Å². The van der Waals surface area contributed by atoms with E-state index in [2.05, 4.69) is 29.4 Å². The number of carbonyl (C=O) groups excluding carboxylic acids is 1. The lowest BCUT2D eigenvalue weighted by Gasteiger charge is -2.40. The summed E-state index contributed by atoms with van der Waals surface area (Å²) in [6, 6.07) is -0.0345. The second kappa shape index (κ2) is 8.73. The molecule has 128 valence electrons. The third kappa shape index (κ3) is 5.76. The first-order valence-electron chi connectivity index (χ1n) is 8.92. The van der Waals surface area contributed by atoms with E-state index >= 15 is 0 Å². The van der Waals surface area contributed by atoms with E-state index in [4.69, 9.17) is 4.74 Å². The van der Waals surface area contributed by atoms with Crippen molar-refractivity contribution < 1.29 is 9.53 Å². The van der Waals surface area contributed by atoms with Crippen LogP contribution >= 0.6 is 0 Å². The van der Waals surface area contributed by atoms with Crippen LogP contribution in [0.3, 0.4) is 0 Å². The van der Waals surface area contributed by atoms with Crippen molar-refractivity contribution >= 4 is 6.03 Å². The van der Waals surface area contributed by atoms with E-state index in [1.54, 1.807) is 0 Å². The standard InChI is InChI=1S/C17H33N3O2/c1-17(2,20-10-12-22-13-11-20)14-19-16(21)18-9-5-8-15-6-3-4-7-15/h15H,3-14H2,1-2H3,(H2,18,19,21). The molecule has 1 aliphatic carbocycles. The molecule has 1 saturated carbocycles. The second-order valence-electron chi connectivity index (χ2n) is 7.31. The highest BCUT2D eigenvalue weighted by Gasteiger charge is 2.28. The summed E-state index contributed by atoms with van der Waals surface area (Å²) in [7, 11) is 0. The van der Waals surface area contributed by atoms with Crippen molar-refractivity contribution in [3.8, 4) is 0 Å². The Balaban J connectivity index is 1.55. The fraction of sp³-hybridized carbons (Fsp3) is 0.941. The molecule has 2 rings (SSSR count). The van der Waals surface area contributed by atoms with Crippen LogP contribution in [0, 0.1) is 5.92 Å². The average molecular weight is 311 g/mol. The van der Waals surface area contributed by atoms with Crippen LogP contribution in [0.25, 0.3) is 0 Å². The number of hydrogen-bond donors (Lipinski definition) is 2. The van der Waals surface area contributed by atoms with Crippen molar-refractivity contribution in [3.05, 3.63) is 0 Å². The number of nitrogens with zero attached hydrogens (tertiary/aromatic N) is 1. The Kier molecular flexibility index (Phi) is 6.96. The molecular formula is C17H33N3O2. The van der Waals surface area contributed by atoms with Crippen LogP contribution in [-0.2, 0) is 4.74 Å². The largest absolute Gasteiger partial charge is 0.379 e. The number of nitrogens with one attached hydrogen (secondary N) is 2. The van der Waals surface area contributed by atoms with Crippen molar-refractivity contribution in [1.29, 1.82) is 0 Å². The zero-order chi connectivity index (χ0) is 15.8. The molecule has 1 aliphatic heterocycles. The minimum absolute atomic E-state index is 0.0228. The zero-order valence-electron chi connectivity index (χ0n) is 14.3. The van der Waals surface area contributed by atoms with Gasteiger partial charge in [0.1, 0.15) is 0 Å². The van der Waals surface area contributed by atoms with Crippen LogP contribution in [-0.4, -0.2) is 55.9 Å². The first kappa shape index (κ1) is 17.5. The molecule has 0 bridgehead atoms. The van der Waals surface area contributed by atoms with Gasteiger partial charge < -0.3 is 15.4 Å². The lowest BCUT2D eigenvalue weighted by molar-refractivity contribution is -0.00874. The first-order valence-corrected chi connectivity index (χ1v) is 8.92. The zero-order valence-corrected chi connectivity index (χ0v) is 14.3. The van der Waals surface area contributed by atoms with E-state index in [0.29, 0.717) is 6.54 Å². The van der Waals surface area contributed by atoms with E-state index in [0.717, 1.165) is 45.2 Å². The average Bonchev–Trinajstić information content (AvgIpc) is 3.04. The van der Waals surface area contributed by atoms with Gasteiger partial charge in [0, 0.05) is 31.7 Å². The van der Waals surface area contributed by atoms with Gasteiger partial charge in [-0.25, -0.2) is 4.79 Å². The summed E-state index contributed by atoms with van der Waals surface area (Å²) >= 11 is 0.